The fourth-order valence-electron chi connectivity index (χ4n) is 2.85. The molecule has 0 radical (unpaired) electrons. The Kier molecular flexibility index (Phi) is 5.38. The summed E-state index contributed by atoms with van der Waals surface area (Å²) in [7, 11) is 0. The molecule has 0 aromatic heterocycles. The van der Waals surface area contributed by atoms with Crippen molar-refractivity contribution in [2.24, 2.45) is 0 Å². The van der Waals surface area contributed by atoms with Gasteiger partial charge in [-0.25, -0.2) is 0 Å². The third-order valence-corrected chi connectivity index (χ3v) is 4.76. The Balaban J connectivity index is 1.55. The van der Waals surface area contributed by atoms with Gasteiger partial charge >= 0.3 is 11.8 Å². The summed E-state index contributed by atoms with van der Waals surface area (Å²) in [6.07, 6.45) is 0. The van der Waals surface area contributed by atoms with Crippen molar-refractivity contribution >= 4 is 39.1 Å². The average molecular weight is 402 g/mol. The Morgan fingerprint density at radius 1 is 1.00 bits per heavy atom. The van der Waals surface area contributed by atoms with E-state index >= 15 is 0 Å². The lowest BCUT2D eigenvalue weighted by atomic mass is 10.2. The van der Waals surface area contributed by atoms with Crippen molar-refractivity contribution in [3.8, 4) is 0 Å². The van der Waals surface area contributed by atoms with Gasteiger partial charge in [-0.2, -0.15) is 0 Å². The second-order valence-corrected chi connectivity index (χ2v) is 6.99. The summed E-state index contributed by atoms with van der Waals surface area (Å²) in [5, 5.41) is 2.65. The van der Waals surface area contributed by atoms with E-state index in [1.807, 2.05) is 18.2 Å². The summed E-state index contributed by atoms with van der Waals surface area (Å²) >= 11 is 3.34. The number of carbonyl (C=O) groups excluding carboxylic acids is 2. The van der Waals surface area contributed by atoms with E-state index in [0.717, 1.165) is 23.2 Å². The highest BCUT2D eigenvalue weighted by atomic mass is 79.9. The van der Waals surface area contributed by atoms with Crippen LogP contribution in [0, 0.1) is 6.92 Å². The lowest BCUT2D eigenvalue weighted by molar-refractivity contribution is -0.143. The van der Waals surface area contributed by atoms with E-state index in [1.54, 1.807) is 17.0 Å². The molecule has 0 atom stereocenters. The number of amides is 2. The number of hydrogen-bond donors (Lipinski definition) is 1. The van der Waals surface area contributed by atoms with Crippen molar-refractivity contribution in [2.75, 3.05) is 36.4 Å². The van der Waals surface area contributed by atoms with Crippen LogP contribution in [0.15, 0.2) is 53.0 Å². The summed E-state index contributed by atoms with van der Waals surface area (Å²) < 4.78 is 0.920. The van der Waals surface area contributed by atoms with Crippen LogP contribution in [0.4, 0.5) is 11.4 Å². The van der Waals surface area contributed by atoms with Gasteiger partial charge in [-0.15, -0.1) is 0 Å². The average Bonchev–Trinajstić information content (AvgIpc) is 2.63. The van der Waals surface area contributed by atoms with Crippen LogP contribution >= 0.6 is 15.9 Å². The standard InChI is InChI=1S/C19H20BrN3O2/c1-14-3-2-4-17(13-14)22-9-11-23(12-10-22)19(25)18(24)21-16-7-5-15(20)6-8-16/h2-8,13H,9-12H2,1H3,(H,21,24). The molecule has 25 heavy (non-hydrogen) atoms. The molecule has 0 spiro atoms. The van der Waals surface area contributed by atoms with E-state index < -0.39 is 11.8 Å². The van der Waals surface area contributed by atoms with Crippen LogP contribution in [-0.4, -0.2) is 42.9 Å². The molecule has 1 heterocycles. The van der Waals surface area contributed by atoms with E-state index in [4.69, 9.17) is 0 Å². The number of benzene rings is 2. The summed E-state index contributed by atoms with van der Waals surface area (Å²) in [5.41, 5.74) is 2.98. The van der Waals surface area contributed by atoms with Crippen LogP contribution in [0.5, 0.6) is 0 Å². The van der Waals surface area contributed by atoms with Gasteiger partial charge in [-0.3, -0.25) is 9.59 Å². The Morgan fingerprint density at radius 2 is 1.68 bits per heavy atom. The number of aryl methyl sites for hydroxylation is 1. The molecule has 1 saturated heterocycles. The number of carbonyl (C=O) groups is 2. The van der Waals surface area contributed by atoms with Crippen molar-refractivity contribution in [3.63, 3.8) is 0 Å². The first-order chi connectivity index (χ1) is 12.0. The van der Waals surface area contributed by atoms with Crippen molar-refractivity contribution in [2.45, 2.75) is 6.92 Å². The van der Waals surface area contributed by atoms with Gasteiger partial charge in [0.15, 0.2) is 0 Å². The monoisotopic (exact) mass is 401 g/mol. The summed E-state index contributed by atoms with van der Waals surface area (Å²) in [6.45, 7) is 4.60. The fraction of sp³-hybridized carbons (Fsp3) is 0.263. The van der Waals surface area contributed by atoms with Gasteiger partial charge in [0.2, 0.25) is 0 Å². The van der Waals surface area contributed by atoms with Crippen molar-refractivity contribution < 1.29 is 9.59 Å². The maximum atomic E-state index is 12.4. The minimum Gasteiger partial charge on any atom is -0.368 e. The zero-order valence-corrected chi connectivity index (χ0v) is 15.6. The summed E-state index contributed by atoms with van der Waals surface area (Å²) in [5.74, 6) is -1.07. The highest BCUT2D eigenvalue weighted by Crippen LogP contribution is 2.18. The van der Waals surface area contributed by atoms with Crippen LogP contribution in [0.1, 0.15) is 5.56 Å². The number of rotatable bonds is 2. The zero-order chi connectivity index (χ0) is 17.8. The third kappa shape index (κ3) is 4.39. The van der Waals surface area contributed by atoms with Crippen molar-refractivity contribution in [1.82, 2.24) is 4.90 Å². The SMILES string of the molecule is Cc1cccc(N2CCN(C(=O)C(=O)Nc3ccc(Br)cc3)CC2)c1. The van der Waals surface area contributed by atoms with Gasteiger partial charge in [0.05, 0.1) is 0 Å². The Hall–Kier alpha value is -2.34. The van der Waals surface area contributed by atoms with Crippen molar-refractivity contribution in [3.05, 3.63) is 58.6 Å². The summed E-state index contributed by atoms with van der Waals surface area (Å²) in [6, 6.07) is 15.5. The molecule has 1 N–H and O–H groups in total. The third-order valence-electron chi connectivity index (χ3n) is 4.23. The Bertz CT molecular complexity index is 768. The second kappa shape index (κ2) is 7.70. The molecule has 0 bridgehead atoms. The molecule has 2 amide bonds. The first-order valence-corrected chi connectivity index (χ1v) is 9.00. The minimum absolute atomic E-state index is 0.480. The second-order valence-electron chi connectivity index (χ2n) is 6.08. The topological polar surface area (TPSA) is 52.7 Å². The normalized spacial score (nSPS) is 14.3. The number of nitrogens with zero attached hydrogens (tertiary/aromatic N) is 2. The van der Waals surface area contributed by atoms with E-state index in [0.29, 0.717) is 18.8 Å². The predicted octanol–water partition coefficient (Wildman–Crippen LogP) is 3.04. The van der Waals surface area contributed by atoms with E-state index in [-0.39, 0.29) is 0 Å². The van der Waals surface area contributed by atoms with E-state index in [1.165, 1.54) is 5.56 Å². The molecule has 1 aliphatic rings. The molecular weight excluding hydrogens is 382 g/mol. The Labute approximate surface area is 155 Å². The van der Waals surface area contributed by atoms with E-state index in [9.17, 15) is 9.59 Å². The first-order valence-electron chi connectivity index (χ1n) is 8.20. The molecule has 1 fully saturated rings. The van der Waals surface area contributed by atoms with Crippen molar-refractivity contribution in [1.29, 1.82) is 0 Å². The maximum absolute atomic E-state index is 12.4. The van der Waals surface area contributed by atoms with Crippen LogP contribution in [0.25, 0.3) is 0 Å². The van der Waals surface area contributed by atoms with Crippen LogP contribution in [0.3, 0.4) is 0 Å². The Morgan fingerprint density at radius 3 is 2.32 bits per heavy atom. The number of hydrogen-bond acceptors (Lipinski definition) is 3. The molecule has 130 valence electrons. The molecule has 6 heteroatoms. The van der Waals surface area contributed by atoms with Gasteiger partial charge in [0.25, 0.3) is 0 Å². The molecular formula is C19H20BrN3O2. The minimum atomic E-state index is -0.591. The number of piperazine rings is 1. The highest BCUT2D eigenvalue weighted by molar-refractivity contribution is 9.10. The molecule has 2 aromatic rings. The van der Waals surface area contributed by atoms with Gasteiger partial charge in [-0.1, -0.05) is 28.1 Å². The molecule has 3 rings (SSSR count). The van der Waals surface area contributed by atoms with Crippen LogP contribution in [-0.2, 0) is 9.59 Å². The molecule has 5 nitrogen and oxygen atoms in total. The smallest absolute Gasteiger partial charge is 0.313 e. The molecule has 1 aliphatic heterocycles. The molecule has 2 aromatic carbocycles. The molecule has 0 saturated carbocycles. The lowest BCUT2D eigenvalue weighted by Crippen LogP contribution is -2.51. The van der Waals surface area contributed by atoms with Crippen LogP contribution < -0.4 is 10.2 Å². The zero-order valence-electron chi connectivity index (χ0n) is 14.0. The number of halogens is 1. The predicted molar refractivity (Wildman–Crippen MR) is 103 cm³/mol. The van der Waals surface area contributed by atoms with E-state index in [2.05, 4.69) is 51.3 Å². The summed E-state index contributed by atoms with van der Waals surface area (Å²) in [4.78, 5) is 28.4. The van der Waals surface area contributed by atoms with Gasteiger partial charge in [0.1, 0.15) is 0 Å². The van der Waals surface area contributed by atoms with Crippen LogP contribution in [0.2, 0.25) is 0 Å². The molecule has 0 aliphatic carbocycles. The fourth-order valence-corrected chi connectivity index (χ4v) is 3.12. The largest absolute Gasteiger partial charge is 0.368 e. The lowest BCUT2D eigenvalue weighted by Gasteiger charge is -2.35. The van der Waals surface area contributed by atoms with Gasteiger partial charge in [-0.05, 0) is 48.9 Å². The maximum Gasteiger partial charge on any atom is 0.313 e. The number of anilines is 2. The molecule has 0 unspecified atom stereocenters. The van der Waals surface area contributed by atoms with Gasteiger partial charge in [0, 0.05) is 42.0 Å². The highest BCUT2D eigenvalue weighted by Gasteiger charge is 2.26. The first kappa shape index (κ1) is 17.5. The van der Waals surface area contributed by atoms with Gasteiger partial charge < -0.3 is 15.1 Å². The number of nitrogens with one attached hydrogen (secondary N) is 1. The quantitative estimate of drug-likeness (QED) is 0.786.